The van der Waals surface area contributed by atoms with Crippen LogP contribution in [-0.2, 0) is 0 Å². The van der Waals surface area contributed by atoms with Crippen LogP contribution in [0.15, 0.2) is 97.1 Å². The van der Waals surface area contributed by atoms with Crippen LogP contribution in [0.1, 0.15) is 0 Å². The van der Waals surface area contributed by atoms with Gasteiger partial charge in [0.25, 0.3) is 0 Å². The van der Waals surface area contributed by atoms with E-state index in [9.17, 15) is 0 Å². The molecule has 0 aromatic heterocycles. The molecule has 2 radical (unpaired) electrons. The molecule has 112 valence electrons. The molecule has 0 aliphatic carbocycles. The lowest BCUT2D eigenvalue weighted by Crippen LogP contribution is -1.83. The maximum Gasteiger partial charge on any atom is -0.00141 e. The molecule has 0 saturated heterocycles. The summed E-state index contributed by atoms with van der Waals surface area (Å²) in [5, 5.41) is 0. The van der Waals surface area contributed by atoms with Crippen LogP contribution in [0.25, 0.3) is 33.4 Å². The first-order chi connectivity index (χ1) is 11.9. The van der Waals surface area contributed by atoms with Crippen molar-refractivity contribution >= 4 is 0 Å². The van der Waals surface area contributed by atoms with Crippen LogP contribution in [0.3, 0.4) is 0 Å². The molecule has 0 bridgehead atoms. The Morgan fingerprint density at radius 2 is 1.04 bits per heavy atom. The predicted octanol–water partition coefficient (Wildman–Crippen LogP) is 6.29. The van der Waals surface area contributed by atoms with Gasteiger partial charge in [0.15, 0.2) is 0 Å². The molecule has 0 saturated carbocycles. The lowest BCUT2D eigenvalue weighted by atomic mass is 9.96. The van der Waals surface area contributed by atoms with Crippen molar-refractivity contribution in [3.63, 3.8) is 0 Å². The van der Waals surface area contributed by atoms with Crippen molar-refractivity contribution in [2.24, 2.45) is 0 Å². The summed E-state index contributed by atoms with van der Waals surface area (Å²) in [5.41, 5.74) is 7.13. The SMILES string of the molecule is [c]1[c]c(-c2cccc(-c3cccc(-c4ccccc4)c3)c2)ccc1. The first-order valence-corrected chi connectivity index (χ1v) is 8.05. The molecule has 0 amide bonds. The van der Waals surface area contributed by atoms with E-state index in [0.717, 1.165) is 11.1 Å². The van der Waals surface area contributed by atoms with Crippen molar-refractivity contribution in [1.29, 1.82) is 0 Å². The van der Waals surface area contributed by atoms with Gasteiger partial charge in [0, 0.05) is 0 Å². The lowest BCUT2D eigenvalue weighted by molar-refractivity contribution is 1.57. The quantitative estimate of drug-likeness (QED) is 0.417. The Balaban J connectivity index is 1.75. The molecule has 4 aromatic carbocycles. The van der Waals surface area contributed by atoms with E-state index >= 15 is 0 Å². The molecule has 0 unspecified atom stereocenters. The topological polar surface area (TPSA) is 0 Å². The third-order valence-electron chi connectivity index (χ3n) is 4.13. The summed E-state index contributed by atoms with van der Waals surface area (Å²) in [6, 6.07) is 39.9. The first kappa shape index (κ1) is 14.5. The van der Waals surface area contributed by atoms with Gasteiger partial charge >= 0.3 is 0 Å². The highest BCUT2D eigenvalue weighted by molar-refractivity contribution is 5.76. The van der Waals surface area contributed by atoms with Gasteiger partial charge in [-0.3, -0.25) is 0 Å². The fourth-order valence-corrected chi connectivity index (χ4v) is 2.90. The van der Waals surface area contributed by atoms with E-state index in [0.29, 0.717) is 0 Å². The van der Waals surface area contributed by atoms with E-state index in [4.69, 9.17) is 0 Å². The number of hydrogen-bond donors (Lipinski definition) is 0. The van der Waals surface area contributed by atoms with Gasteiger partial charge < -0.3 is 0 Å². The summed E-state index contributed by atoms with van der Waals surface area (Å²) in [7, 11) is 0. The third-order valence-corrected chi connectivity index (χ3v) is 4.13. The molecule has 0 spiro atoms. The van der Waals surface area contributed by atoms with E-state index in [1.165, 1.54) is 22.3 Å². The Hall–Kier alpha value is -3.12. The van der Waals surface area contributed by atoms with Crippen molar-refractivity contribution < 1.29 is 0 Å². The minimum absolute atomic E-state index is 1.07. The van der Waals surface area contributed by atoms with E-state index in [1.54, 1.807) is 0 Å². The third kappa shape index (κ3) is 3.00. The van der Waals surface area contributed by atoms with Gasteiger partial charge in [-0.2, -0.15) is 0 Å². The molecular formula is C24H16. The van der Waals surface area contributed by atoms with Gasteiger partial charge in [-0.15, -0.1) is 0 Å². The molecule has 0 aliphatic rings. The molecule has 0 N–H and O–H groups in total. The Labute approximate surface area is 143 Å². The average Bonchev–Trinajstić information content (AvgIpc) is 2.70. The molecule has 24 heavy (non-hydrogen) atoms. The maximum absolute atomic E-state index is 3.18. The van der Waals surface area contributed by atoms with Crippen molar-refractivity contribution in [1.82, 2.24) is 0 Å². The average molecular weight is 304 g/mol. The zero-order valence-electron chi connectivity index (χ0n) is 13.2. The van der Waals surface area contributed by atoms with E-state index in [-0.39, 0.29) is 0 Å². The highest BCUT2D eigenvalue weighted by Crippen LogP contribution is 2.29. The fraction of sp³-hybridized carbons (Fsp3) is 0. The van der Waals surface area contributed by atoms with Gasteiger partial charge in [-0.05, 0) is 57.6 Å². The second kappa shape index (κ2) is 6.55. The smallest absolute Gasteiger partial charge is 0.00141 e. The molecule has 0 heteroatoms. The van der Waals surface area contributed by atoms with Crippen molar-refractivity contribution in [3.05, 3.63) is 109 Å². The Morgan fingerprint density at radius 3 is 1.71 bits per heavy atom. The maximum atomic E-state index is 3.18. The monoisotopic (exact) mass is 304 g/mol. The van der Waals surface area contributed by atoms with E-state index in [1.807, 2.05) is 18.2 Å². The summed E-state index contributed by atoms with van der Waals surface area (Å²) in [4.78, 5) is 0. The van der Waals surface area contributed by atoms with Crippen LogP contribution in [-0.4, -0.2) is 0 Å². The highest BCUT2D eigenvalue weighted by atomic mass is 14.1. The van der Waals surface area contributed by atoms with Crippen LogP contribution in [0.5, 0.6) is 0 Å². The molecule has 0 atom stereocenters. The Morgan fingerprint density at radius 1 is 0.458 bits per heavy atom. The number of benzene rings is 4. The van der Waals surface area contributed by atoms with Crippen LogP contribution < -0.4 is 0 Å². The molecule has 0 fully saturated rings. The van der Waals surface area contributed by atoms with Crippen LogP contribution in [0.2, 0.25) is 0 Å². The molecule has 0 heterocycles. The summed E-state index contributed by atoms with van der Waals surface area (Å²) in [5.74, 6) is 0. The van der Waals surface area contributed by atoms with Gasteiger partial charge in [-0.25, -0.2) is 0 Å². The molecule has 4 rings (SSSR count). The first-order valence-electron chi connectivity index (χ1n) is 8.05. The van der Waals surface area contributed by atoms with Crippen molar-refractivity contribution in [3.8, 4) is 33.4 Å². The van der Waals surface area contributed by atoms with Gasteiger partial charge in [0.2, 0.25) is 0 Å². The van der Waals surface area contributed by atoms with Crippen molar-refractivity contribution in [2.45, 2.75) is 0 Å². The van der Waals surface area contributed by atoms with Crippen molar-refractivity contribution in [2.75, 3.05) is 0 Å². The molecular weight excluding hydrogens is 288 g/mol. The van der Waals surface area contributed by atoms with Crippen LogP contribution in [0.4, 0.5) is 0 Å². The van der Waals surface area contributed by atoms with Crippen LogP contribution >= 0.6 is 0 Å². The minimum atomic E-state index is 1.07. The zero-order valence-corrected chi connectivity index (χ0v) is 13.2. The summed E-state index contributed by atoms with van der Waals surface area (Å²) in [6.45, 7) is 0. The Kier molecular flexibility index (Phi) is 3.95. The van der Waals surface area contributed by atoms with Gasteiger partial charge in [0.05, 0.1) is 0 Å². The Bertz CT molecular complexity index is 857. The molecule has 4 aromatic rings. The zero-order chi connectivity index (χ0) is 16.2. The largest absolute Gasteiger partial charge is 0.0622 e. The standard InChI is InChI=1S/C24H16/c1-3-9-19(10-4-1)21-13-7-15-23(17-21)24-16-8-14-22(18-24)20-11-5-2-6-12-20/h1-5,7-11,13-18H. The number of hydrogen-bond acceptors (Lipinski definition) is 0. The lowest BCUT2D eigenvalue weighted by Gasteiger charge is -2.08. The number of rotatable bonds is 3. The summed E-state index contributed by atoms with van der Waals surface area (Å²) < 4.78 is 0. The highest BCUT2D eigenvalue weighted by Gasteiger charge is 2.04. The summed E-state index contributed by atoms with van der Waals surface area (Å²) in [6.07, 6.45) is 0. The van der Waals surface area contributed by atoms with Crippen LogP contribution in [0, 0.1) is 12.1 Å². The minimum Gasteiger partial charge on any atom is -0.0622 e. The predicted molar refractivity (Wildman–Crippen MR) is 100 cm³/mol. The molecule has 0 nitrogen and oxygen atoms in total. The van der Waals surface area contributed by atoms with E-state index in [2.05, 4.69) is 91.0 Å². The normalized spacial score (nSPS) is 10.5. The second-order valence-electron chi connectivity index (χ2n) is 5.74. The van der Waals surface area contributed by atoms with Gasteiger partial charge in [-0.1, -0.05) is 84.9 Å². The van der Waals surface area contributed by atoms with Gasteiger partial charge in [0.1, 0.15) is 0 Å². The summed E-state index contributed by atoms with van der Waals surface area (Å²) >= 11 is 0. The fourth-order valence-electron chi connectivity index (χ4n) is 2.90. The second-order valence-corrected chi connectivity index (χ2v) is 5.74. The van der Waals surface area contributed by atoms with E-state index < -0.39 is 0 Å². The molecule has 0 aliphatic heterocycles.